The second-order valence-corrected chi connectivity index (χ2v) is 3.92. The third-order valence-electron chi connectivity index (χ3n) is 2.48. The van der Waals surface area contributed by atoms with E-state index in [2.05, 4.69) is 0 Å². The van der Waals surface area contributed by atoms with Gasteiger partial charge in [-0.1, -0.05) is 0 Å². The molecule has 1 aromatic rings. The number of hydrogen-bond donors (Lipinski definition) is 2. The Morgan fingerprint density at radius 2 is 1.10 bits per heavy atom. The molecule has 6 nitrogen and oxygen atoms in total. The molecule has 0 aliphatic heterocycles. The highest BCUT2D eigenvalue weighted by atomic mass is 16.5. The first kappa shape index (κ1) is 16.1. The van der Waals surface area contributed by atoms with E-state index in [1.165, 1.54) is 0 Å². The summed E-state index contributed by atoms with van der Waals surface area (Å²) in [6, 6.07) is 6.88. The van der Waals surface area contributed by atoms with E-state index in [4.69, 9.17) is 29.8 Å². The van der Waals surface area contributed by atoms with Crippen LogP contribution in [0.15, 0.2) is 24.3 Å². The third kappa shape index (κ3) is 5.38. The Labute approximate surface area is 118 Å². The predicted octanol–water partition coefficient (Wildman–Crippen LogP) is 1.66. The fourth-order valence-electron chi connectivity index (χ4n) is 1.39. The van der Waals surface area contributed by atoms with Crippen molar-refractivity contribution >= 4 is 11.8 Å². The van der Waals surface area contributed by atoms with Crippen LogP contribution >= 0.6 is 0 Å². The van der Waals surface area contributed by atoms with E-state index in [1.54, 1.807) is 38.5 Å². The van der Waals surface area contributed by atoms with Gasteiger partial charge in [0.2, 0.25) is 11.8 Å². The van der Waals surface area contributed by atoms with Gasteiger partial charge in [-0.05, 0) is 24.3 Å². The van der Waals surface area contributed by atoms with Gasteiger partial charge < -0.3 is 18.9 Å². The van der Waals surface area contributed by atoms with Gasteiger partial charge in [0.15, 0.2) is 0 Å². The lowest BCUT2D eigenvalue weighted by molar-refractivity contribution is 0.141. The molecule has 1 aromatic carbocycles. The molecule has 0 fully saturated rings. The molecule has 20 heavy (non-hydrogen) atoms. The summed E-state index contributed by atoms with van der Waals surface area (Å²) in [5, 5.41) is 15.5. The standard InChI is InChI=1S/C14H20N2O4/c1-17-7-9-19-13(15)11-3-5-12(6-4-11)14(16)20-10-8-18-2/h3-6,15-16H,7-10H2,1-2H3. The number of methoxy groups -OCH3 is 2. The van der Waals surface area contributed by atoms with E-state index in [0.29, 0.717) is 37.6 Å². The fourth-order valence-corrected chi connectivity index (χ4v) is 1.39. The van der Waals surface area contributed by atoms with Crippen molar-refractivity contribution in [1.29, 1.82) is 10.8 Å². The summed E-state index contributed by atoms with van der Waals surface area (Å²) in [7, 11) is 3.16. The first-order chi connectivity index (χ1) is 9.69. The Balaban J connectivity index is 2.50. The monoisotopic (exact) mass is 280 g/mol. The van der Waals surface area contributed by atoms with E-state index < -0.39 is 0 Å². The Kier molecular flexibility index (Phi) is 7.31. The van der Waals surface area contributed by atoms with Crippen molar-refractivity contribution in [3.63, 3.8) is 0 Å². The number of benzene rings is 1. The summed E-state index contributed by atoms with van der Waals surface area (Å²) in [6.45, 7) is 1.57. The zero-order chi connectivity index (χ0) is 14.8. The van der Waals surface area contributed by atoms with Gasteiger partial charge in [0.25, 0.3) is 0 Å². The molecule has 2 N–H and O–H groups in total. The second-order valence-electron chi connectivity index (χ2n) is 3.92. The summed E-state index contributed by atoms with van der Waals surface area (Å²) in [5.41, 5.74) is 1.30. The summed E-state index contributed by atoms with van der Waals surface area (Å²) in [4.78, 5) is 0. The second kappa shape index (κ2) is 9.06. The van der Waals surface area contributed by atoms with Crippen LogP contribution in [0.4, 0.5) is 0 Å². The van der Waals surface area contributed by atoms with Crippen molar-refractivity contribution in [1.82, 2.24) is 0 Å². The van der Waals surface area contributed by atoms with Crippen LogP contribution in [0, 0.1) is 10.8 Å². The summed E-state index contributed by atoms with van der Waals surface area (Å²) >= 11 is 0. The smallest absolute Gasteiger partial charge is 0.213 e. The number of rotatable bonds is 8. The third-order valence-corrected chi connectivity index (χ3v) is 2.48. The molecule has 0 atom stereocenters. The molecule has 0 aliphatic rings. The zero-order valence-corrected chi connectivity index (χ0v) is 11.8. The molecule has 0 aliphatic carbocycles. The summed E-state index contributed by atoms with van der Waals surface area (Å²) < 4.78 is 20.1. The molecule has 0 radical (unpaired) electrons. The Morgan fingerprint density at radius 3 is 1.40 bits per heavy atom. The molecule has 0 unspecified atom stereocenters. The van der Waals surface area contributed by atoms with Crippen LogP contribution < -0.4 is 0 Å². The Bertz CT molecular complexity index is 390. The molecule has 0 saturated carbocycles. The van der Waals surface area contributed by atoms with Gasteiger partial charge in [-0.3, -0.25) is 10.8 Å². The number of ether oxygens (including phenoxy) is 4. The van der Waals surface area contributed by atoms with E-state index in [1.807, 2.05) is 0 Å². The maximum absolute atomic E-state index is 7.74. The van der Waals surface area contributed by atoms with Crippen LogP contribution in [0.3, 0.4) is 0 Å². The molecule has 0 saturated heterocycles. The minimum Gasteiger partial charge on any atom is -0.475 e. The summed E-state index contributed by atoms with van der Waals surface area (Å²) in [5.74, 6) is 0.167. The molecule has 0 bridgehead atoms. The molecular formula is C14H20N2O4. The largest absolute Gasteiger partial charge is 0.475 e. The van der Waals surface area contributed by atoms with E-state index in [-0.39, 0.29) is 11.8 Å². The van der Waals surface area contributed by atoms with Crippen molar-refractivity contribution in [2.24, 2.45) is 0 Å². The molecule has 0 spiro atoms. The lowest BCUT2D eigenvalue weighted by Crippen LogP contribution is -2.12. The predicted molar refractivity (Wildman–Crippen MR) is 75.8 cm³/mol. The molecule has 110 valence electrons. The van der Waals surface area contributed by atoms with Crippen LogP contribution in [0.5, 0.6) is 0 Å². The van der Waals surface area contributed by atoms with Gasteiger partial charge in [0, 0.05) is 25.3 Å². The fraction of sp³-hybridized carbons (Fsp3) is 0.429. The highest BCUT2D eigenvalue weighted by molar-refractivity contribution is 5.95. The van der Waals surface area contributed by atoms with Crippen molar-refractivity contribution in [3.05, 3.63) is 35.4 Å². The lowest BCUT2D eigenvalue weighted by atomic mass is 10.1. The van der Waals surface area contributed by atoms with Crippen molar-refractivity contribution < 1.29 is 18.9 Å². The van der Waals surface area contributed by atoms with Gasteiger partial charge in [0.1, 0.15) is 13.2 Å². The van der Waals surface area contributed by atoms with Gasteiger partial charge in [-0.15, -0.1) is 0 Å². The molecular weight excluding hydrogens is 260 g/mol. The maximum atomic E-state index is 7.74. The molecule has 0 aromatic heterocycles. The Hall–Kier alpha value is -1.92. The topological polar surface area (TPSA) is 84.6 Å². The lowest BCUT2D eigenvalue weighted by Gasteiger charge is -2.09. The highest BCUT2D eigenvalue weighted by Gasteiger charge is 2.06. The van der Waals surface area contributed by atoms with E-state index in [0.717, 1.165) is 0 Å². The van der Waals surface area contributed by atoms with E-state index in [9.17, 15) is 0 Å². The van der Waals surface area contributed by atoms with Crippen LogP contribution in [-0.2, 0) is 18.9 Å². The average molecular weight is 280 g/mol. The molecule has 6 heteroatoms. The first-order valence-corrected chi connectivity index (χ1v) is 6.20. The highest BCUT2D eigenvalue weighted by Crippen LogP contribution is 2.07. The van der Waals surface area contributed by atoms with Crippen LogP contribution in [0.1, 0.15) is 11.1 Å². The van der Waals surface area contributed by atoms with Gasteiger partial charge >= 0.3 is 0 Å². The Morgan fingerprint density at radius 1 is 0.750 bits per heavy atom. The van der Waals surface area contributed by atoms with Crippen LogP contribution in [0.25, 0.3) is 0 Å². The first-order valence-electron chi connectivity index (χ1n) is 6.20. The minimum atomic E-state index is 0.0837. The molecule has 0 heterocycles. The SMILES string of the molecule is COCCOC(=N)c1ccc(C(=N)OCCOC)cc1. The zero-order valence-electron chi connectivity index (χ0n) is 11.8. The van der Waals surface area contributed by atoms with Crippen molar-refractivity contribution in [2.75, 3.05) is 40.6 Å². The molecule has 0 amide bonds. The maximum Gasteiger partial charge on any atom is 0.213 e. The van der Waals surface area contributed by atoms with Gasteiger partial charge in [0.05, 0.1) is 13.2 Å². The quantitative estimate of drug-likeness (QED) is 0.431. The van der Waals surface area contributed by atoms with Crippen molar-refractivity contribution in [2.45, 2.75) is 0 Å². The molecule has 1 rings (SSSR count). The van der Waals surface area contributed by atoms with Crippen LogP contribution in [-0.4, -0.2) is 52.4 Å². The van der Waals surface area contributed by atoms with Crippen molar-refractivity contribution in [3.8, 4) is 0 Å². The normalized spacial score (nSPS) is 10.1. The number of hydrogen-bond acceptors (Lipinski definition) is 6. The number of nitrogens with one attached hydrogen (secondary N) is 2. The van der Waals surface area contributed by atoms with Gasteiger partial charge in [-0.2, -0.15) is 0 Å². The summed E-state index contributed by atoms with van der Waals surface area (Å²) in [6.07, 6.45) is 0. The van der Waals surface area contributed by atoms with Crippen LogP contribution in [0.2, 0.25) is 0 Å². The van der Waals surface area contributed by atoms with Gasteiger partial charge in [-0.25, -0.2) is 0 Å². The average Bonchev–Trinajstić information content (AvgIpc) is 2.47. The minimum absolute atomic E-state index is 0.0837. The van der Waals surface area contributed by atoms with E-state index >= 15 is 0 Å².